The van der Waals surface area contributed by atoms with Crippen molar-refractivity contribution in [1.82, 2.24) is 17.6 Å². The Morgan fingerprint density at radius 2 is 1.96 bits per heavy atom. The van der Waals surface area contributed by atoms with E-state index in [4.69, 9.17) is 5.73 Å². The molecule has 0 aromatic carbocycles. The van der Waals surface area contributed by atoms with Crippen molar-refractivity contribution in [3.05, 3.63) is 0 Å². The van der Waals surface area contributed by atoms with Gasteiger partial charge in [-0.25, -0.2) is 0 Å². The van der Waals surface area contributed by atoms with Gasteiger partial charge in [0.05, 0.1) is 23.7 Å². The number of carboxylic acids is 2. The fourth-order valence-electron chi connectivity index (χ4n) is 3.45. The Hall–Kier alpha value is -1.40. The Bertz CT molecular complexity index is 507. The van der Waals surface area contributed by atoms with Gasteiger partial charge in [-0.1, -0.05) is 0 Å². The molecule has 0 spiro atoms. The first kappa shape index (κ1) is 22.6. The highest BCUT2D eigenvalue weighted by Gasteiger charge is 2.71. The Morgan fingerprint density at radius 3 is 2.38 bits per heavy atom. The second kappa shape index (κ2) is 8.12. The maximum absolute atomic E-state index is 12.1. The molecule has 2 aliphatic rings. The number of carboxylic acid groups (broad SMARTS) is 2. The quantitative estimate of drug-likeness (QED) is 0.298. The lowest BCUT2D eigenvalue weighted by molar-refractivity contribution is -0.317. The molecule has 10 N–H and O–H groups in total. The van der Waals surface area contributed by atoms with Crippen LogP contribution in [-0.4, -0.2) is 52.6 Å². The smallest absolute Gasteiger partial charge is 0.237 e. The minimum atomic E-state index is -1.90. The van der Waals surface area contributed by atoms with Crippen molar-refractivity contribution in [1.29, 1.82) is 0 Å². The maximum Gasteiger partial charge on any atom is 0.237 e. The molecule has 1 amide bonds. The normalized spacial score (nSPS) is 34.1. The van der Waals surface area contributed by atoms with Crippen LogP contribution in [0.4, 0.5) is 0 Å². The second-order valence-corrected chi connectivity index (χ2v) is 6.84. The predicted octanol–water partition coefficient (Wildman–Crippen LogP) is -3.63. The standard InChI is InChI=1S/C13H20N2O6S.2H3N/c1-22-3-2-5(14)10(17)15-13(12(20)21)4-6(16)7-8(9(7)13)11(18)19;;/h5-9,16H,2-4,14H2,1H3,(H,15,17)(H,18,19)(H,20,21);2*1H3/p-2/t5-,6-,7-,8-,9-,13-;;/m0../s1. The van der Waals surface area contributed by atoms with Gasteiger partial charge >= 0.3 is 0 Å². The van der Waals surface area contributed by atoms with E-state index in [0.717, 1.165) is 0 Å². The van der Waals surface area contributed by atoms with Crippen LogP contribution >= 0.6 is 11.8 Å². The van der Waals surface area contributed by atoms with Crippen LogP contribution in [0.25, 0.3) is 0 Å². The third-order valence-electron chi connectivity index (χ3n) is 4.57. The SMILES string of the molecule is CSCC[C@H](N)C(=O)N[C@@]1(C(=O)[O-])C[C@H](O)[C@H]2[C@H](C(=O)[O-])[C@H]21.N.N. The summed E-state index contributed by atoms with van der Waals surface area (Å²) in [4.78, 5) is 34.6. The molecule has 0 unspecified atom stereocenters. The summed E-state index contributed by atoms with van der Waals surface area (Å²) >= 11 is 1.49. The fraction of sp³-hybridized carbons (Fsp3) is 0.769. The maximum atomic E-state index is 12.1. The molecule has 0 saturated heterocycles. The minimum absolute atomic E-state index is 0. The fourth-order valence-corrected chi connectivity index (χ4v) is 3.94. The molecule has 2 rings (SSSR count). The Kier molecular flexibility index (Phi) is 7.65. The zero-order valence-electron chi connectivity index (χ0n) is 13.4. The summed E-state index contributed by atoms with van der Waals surface area (Å²) < 4.78 is 0. The van der Waals surface area contributed by atoms with Crippen LogP contribution in [-0.2, 0) is 14.4 Å². The van der Waals surface area contributed by atoms with Crippen molar-refractivity contribution in [2.24, 2.45) is 23.5 Å². The number of fused-ring (bicyclic) bond motifs is 1. The zero-order chi connectivity index (χ0) is 16.7. The predicted molar refractivity (Wildman–Crippen MR) is 83.0 cm³/mol. The number of thioether (sulfide) groups is 1. The average molecular weight is 364 g/mol. The summed E-state index contributed by atoms with van der Waals surface area (Å²) in [6.07, 6.45) is 0.792. The molecule has 6 atom stereocenters. The number of rotatable bonds is 7. The molecule has 140 valence electrons. The highest BCUT2D eigenvalue weighted by Crippen LogP contribution is 2.61. The van der Waals surface area contributed by atoms with Gasteiger partial charge in [0.2, 0.25) is 5.91 Å². The van der Waals surface area contributed by atoms with Gasteiger partial charge in [0.15, 0.2) is 0 Å². The lowest BCUT2D eigenvalue weighted by Gasteiger charge is -2.36. The van der Waals surface area contributed by atoms with Crippen molar-refractivity contribution < 1.29 is 29.7 Å². The van der Waals surface area contributed by atoms with Gasteiger partial charge in [0.25, 0.3) is 0 Å². The van der Waals surface area contributed by atoms with Gasteiger partial charge in [-0.15, -0.1) is 0 Å². The van der Waals surface area contributed by atoms with Gasteiger partial charge in [-0.2, -0.15) is 11.8 Å². The largest absolute Gasteiger partial charge is 0.550 e. The zero-order valence-corrected chi connectivity index (χ0v) is 14.2. The van der Waals surface area contributed by atoms with E-state index in [1.807, 2.05) is 6.26 Å². The highest BCUT2D eigenvalue weighted by molar-refractivity contribution is 7.98. The molecule has 0 aromatic rings. The number of hydrogen-bond donors (Lipinski definition) is 5. The van der Waals surface area contributed by atoms with Gasteiger partial charge in [-0.05, 0) is 24.3 Å². The van der Waals surface area contributed by atoms with E-state index in [9.17, 15) is 29.7 Å². The van der Waals surface area contributed by atoms with E-state index in [0.29, 0.717) is 12.2 Å². The molecule has 2 fully saturated rings. The van der Waals surface area contributed by atoms with Crippen LogP contribution in [0.5, 0.6) is 0 Å². The molecular weight excluding hydrogens is 340 g/mol. The lowest BCUT2D eigenvalue weighted by Crippen LogP contribution is -2.64. The van der Waals surface area contributed by atoms with E-state index in [-0.39, 0.29) is 18.7 Å². The summed E-state index contributed by atoms with van der Waals surface area (Å²) in [6, 6.07) is -0.903. The minimum Gasteiger partial charge on any atom is -0.550 e. The summed E-state index contributed by atoms with van der Waals surface area (Å²) in [5.74, 6) is -5.84. The number of carbonyl (C=O) groups excluding carboxylic acids is 3. The highest BCUT2D eigenvalue weighted by atomic mass is 32.2. The third kappa shape index (κ3) is 3.64. The van der Waals surface area contributed by atoms with Crippen LogP contribution in [0.2, 0.25) is 0 Å². The van der Waals surface area contributed by atoms with Crippen molar-refractivity contribution in [2.75, 3.05) is 12.0 Å². The first-order chi connectivity index (χ1) is 10.3. The molecule has 11 heteroatoms. The van der Waals surface area contributed by atoms with Crippen LogP contribution in [0.15, 0.2) is 0 Å². The van der Waals surface area contributed by atoms with Gasteiger partial charge in [-0.3, -0.25) is 4.79 Å². The number of nitrogens with one attached hydrogen (secondary N) is 1. The van der Waals surface area contributed by atoms with Gasteiger partial charge in [0, 0.05) is 24.2 Å². The first-order valence-corrected chi connectivity index (χ1v) is 8.32. The summed E-state index contributed by atoms with van der Waals surface area (Å²) in [7, 11) is 0. The Morgan fingerprint density at radius 1 is 1.38 bits per heavy atom. The van der Waals surface area contributed by atoms with Crippen molar-refractivity contribution >= 4 is 29.6 Å². The van der Waals surface area contributed by atoms with E-state index in [1.165, 1.54) is 11.8 Å². The molecule has 0 aromatic heterocycles. The lowest BCUT2D eigenvalue weighted by atomic mass is 9.89. The number of aliphatic carboxylic acids is 2. The topological polar surface area (TPSA) is 226 Å². The number of carbonyl (C=O) groups is 3. The molecule has 0 radical (unpaired) electrons. The van der Waals surface area contributed by atoms with Crippen LogP contribution in [0.3, 0.4) is 0 Å². The molecule has 0 heterocycles. The van der Waals surface area contributed by atoms with Crippen LogP contribution < -0.4 is 33.6 Å². The molecular formula is C13H24N4O6S-2. The van der Waals surface area contributed by atoms with Gasteiger partial charge in [0.1, 0.15) is 0 Å². The van der Waals surface area contributed by atoms with Crippen LogP contribution in [0, 0.1) is 17.8 Å². The summed E-state index contributed by atoms with van der Waals surface area (Å²) in [5, 5.41) is 34.8. The monoisotopic (exact) mass is 364 g/mol. The Balaban J connectivity index is 0.00000264. The molecule has 2 aliphatic carbocycles. The Labute approximate surface area is 143 Å². The number of aliphatic hydroxyl groups excluding tert-OH is 1. The second-order valence-electron chi connectivity index (χ2n) is 5.86. The molecule has 0 aliphatic heterocycles. The van der Waals surface area contributed by atoms with Crippen molar-refractivity contribution in [3.8, 4) is 0 Å². The van der Waals surface area contributed by atoms with E-state index in [1.54, 1.807) is 0 Å². The van der Waals surface area contributed by atoms with Crippen molar-refractivity contribution in [2.45, 2.75) is 30.5 Å². The average Bonchev–Trinajstić information content (AvgIpc) is 3.13. The van der Waals surface area contributed by atoms with E-state index < -0.39 is 53.3 Å². The number of nitrogens with two attached hydrogens (primary N) is 1. The summed E-state index contributed by atoms with van der Waals surface area (Å²) in [6.45, 7) is 0. The molecule has 10 nitrogen and oxygen atoms in total. The summed E-state index contributed by atoms with van der Waals surface area (Å²) in [5.41, 5.74) is 3.80. The molecule has 0 bridgehead atoms. The molecule has 24 heavy (non-hydrogen) atoms. The first-order valence-electron chi connectivity index (χ1n) is 6.93. The van der Waals surface area contributed by atoms with E-state index >= 15 is 0 Å². The number of aliphatic hydroxyl groups is 1. The van der Waals surface area contributed by atoms with Crippen LogP contribution in [0.1, 0.15) is 12.8 Å². The number of amides is 1. The van der Waals surface area contributed by atoms with Gasteiger partial charge < -0.3 is 48.3 Å². The van der Waals surface area contributed by atoms with E-state index in [2.05, 4.69) is 5.32 Å². The third-order valence-corrected chi connectivity index (χ3v) is 5.22. The number of hydrogen-bond acceptors (Lipinski definition) is 10. The molecule has 2 saturated carbocycles. The van der Waals surface area contributed by atoms with Crippen molar-refractivity contribution in [3.63, 3.8) is 0 Å².